The van der Waals surface area contributed by atoms with Gasteiger partial charge in [-0.2, -0.15) is 0 Å². The maximum atomic E-state index is 11.9. The normalized spacial score (nSPS) is 21.9. The van der Waals surface area contributed by atoms with Crippen molar-refractivity contribution in [1.29, 1.82) is 0 Å². The van der Waals surface area contributed by atoms with E-state index < -0.39 is 11.5 Å². The molecule has 0 aliphatic heterocycles. The van der Waals surface area contributed by atoms with Gasteiger partial charge >= 0.3 is 5.97 Å². The Kier molecular flexibility index (Phi) is 5.41. The summed E-state index contributed by atoms with van der Waals surface area (Å²) in [6.07, 6.45) is 4.31. The predicted octanol–water partition coefficient (Wildman–Crippen LogP) is 1.33. The Bertz CT molecular complexity index is 329. The molecular weight excluding hydrogens is 256 g/mol. The van der Waals surface area contributed by atoms with Crippen molar-refractivity contribution in [2.75, 3.05) is 32.8 Å². The summed E-state index contributed by atoms with van der Waals surface area (Å²) in [5.41, 5.74) is -0.747. The van der Waals surface area contributed by atoms with Gasteiger partial charge in [0.15, 0.2) is 0 Å². The van der Waals surface area contributed by atoms with Crippen molar-refractivity contribution in [3.63, 3.8) is 0 Å². The molecular formula is C15H28N2O3. The molecule has 2 aliphatic rings. The largest absolute Gasteiger partial charge is 0.480 e. The van der Waals surface area contributed by atoms with Crippen LogP contribution in [-0.4, -0.2) is 60.4 Å². The second-order valence-electron chi connectivity index (χ2n) is 6.04. The van der Waals surface area contributed by atoms with Gasteiger partial charge in [0.1, 0.15) is 5.54 Å². The Hall–Kier alpha value is -0.650. The minimum Gasteiger partial charge on any atom is -0.480 e. The van der Waals surface area contributed by atoms with E-state index in [1.807, 2.05) is 6.92 Å². The van der Waals surface area contributed by atoms with Gasteiger partial charge < -0.3 is 9.84 Å². The van der Waals surface area contributed by atoms with Gasteiger partial charge in [0.25, 0.3) is 0 Å². The molecule has 116 valence electrons. The number of ether oxygens (including phenoxy) is 1. The first kappa shape index (κ1) is 15.7. The van der Waals surface area contributed by atoms with Gasteiger partial charge in [0.05, 0.1) is 6.61 Å². The molecule has 0 aromatic carbocycles. The molecule has 5 nitrogen and oxygen atoms in total. The Morgan fingerprint density at radius 2 is 2.05 bits per heavy atom. The molecule has 0 bridgehead atoms. The van der Waals surface area contributed by atoms with Crippen molar-refractivity contribution in [2.24, 2.45) is 5.92 Å². The lowest BCUT2D eigenvalue weighted by Crippen LogP contribution is -2.61. The number of aliphatic carboxylic acids is 1. The van der Waals surface area contributed by atoms with Crippen LogP contribution >= 0.6 is 0 Å². The highest BCUT2D eigenvalue weighted by Crippen LogP contribution is 2.42. The second kappa shape index (κ2) is 6.87. The molecule has 0 saturated heterocycles. The van der Waals surface area contributed by atoms with Crippen LogP contribution in [0.2, 0.25) is 0 Å². The molecule has 0 heterocycles. The summed E-state index contributed by atoms with van der Waals surface area (Å²) in [6, 6.07) is 0.414. The Morgan fingerprint density at radius 1 is 1.35 bits per heavy atom. The van der Waals surface area contributed by atoms with E-state index in [4.69, 9.17) is 4.74 Å². The summed E-state index contributed by atoms with van der Waals surface area (Å²) >= 11 is 0. The summed E-state index contributed by atoms with van der Waals surface area (Å²) < 4.78 is 5.40. The third kappa shape index (κ3) is 3.93. The number of nitrogens with one attached hydrogen (secondary N) is 1. The van der Waals surface area contributed by atoms with E-state index >= 15 is 0 Å². The minimum absolute atomic E-state index is 0.293. The van der Waals surface area contributed by atoms with Crippen LogP contribution in [0, 0.1) is 5.92 Å². The van der Waals surface area contributed by atoms with E-state index in [1.165, 1.54) is 0 Å². The van der Waals surface area contributed by atoms with Crippen molar-refractivity contribution in [2.45, 2.75) is 51.1 Å². The van der Waals surface area contributed by atoms with Crippen molar-refractivity contribution in [1.82, 2.24) is 10.2 Å². The molecule has 1 atom stereocenters. The van der Waals surface area contributed by atoms with E-state index in [0.29, 0.717) is 31.7 Å². The maximum absolute atomic E-state index is 11.9. The highest BCUT2D eigenvalue weighted by molar-refractivity contribution is 5.80. The van der Waals surface area contributed by atoms with Crippen LogP contribution < -0.4 is 5.32 Å². The molecule has 2 saturated carbocycles. The topological polar surface area (TPSA) is 61.8 Å². The van der Waals surface area contributed by atoms with Crippen molar-refractivity contribution >= 4 is 5.97 Å². The molecule has 20 heavy (non-hydrogen) atoms. The SMILES string of the molecule is CCOCCN(CC)CC(NC1CC1)(C(=O)O)C1CC1. The zero-order valence-corrected chi connectivity index (χ0v) is 12.7. The standard InChI is InChI=1S/C15H28N2O3/c1-3-17(9-10-20-4-2)11-15(14(18)19,12-5-6-12)16-13-7-8-13/h12-13,16H,3-11H2,1-2H3,(H,18,19). The fraction of sp³-hybridized carbons (Fsp3) is 0.933. The summed E-state index contributed by atoms with van der Waals surface area (Å²) in [5, 5.41) is 13.2. The highest BCUT2D eigenvalue weighted by atomic mass is 16.5. The van der Waals surface area contributed by atoms with Crippen LogP contribution in [0.15, 0.2) is 0 Å². The molecule has 0 spiro atoms. The molecule has 2 rings (SSSR count). The van der Waals surface area contributed by atoms with Crippen LogP contribution in [0.4, 0.5) is 0 Å². The molecule has 0 aromatic heterocycles. The van der Waals surface area contributed by atoms with E-state index in [2.05, 4.69) is 17.1 Å². The van der Waals surface area contributed by atoms with Crippen molar-refractivity contribution in [3.8, 4) is 0 Å². The maximum Gasteiger partial charge on any atom is 0.325 e. The van der Waals surface area contributed by atoms with E-state index in [-0.39, 0.29) is 0 Å². The molecule has 0 aromatic rings. The number of hydrogen-bond acceptors (Lipinski definition) is 4. The van der Waals surface area contributed by atoms with Gasteiger partial charge in [0.2, 0.25) is 0 Å². The molecule has 2 aliphatic carbocycles. The average molecular weight is 284 g/mol. The zero-order valence-electron chi connectivity index (χ0n) is 12.7. The molecule has 2 fully saturated rings. The monoisotopic (exact) mass is 284 g/mol. The fourth-order valence-corrected chi connectivity index (χ4v) is 2.80. The van der Waals surface area contributed by atoms with Crippen LogP contribution in [0.5, 0.6) is 0 Å². The predicted molar refractivity (Wildman–Crippen MR) is 77.9 cm³/mol. The Labute approximate surface area is 121 Å². The molecule has 5 heteroatoms. The number of nitrogens with zero attached hydrogens (tertiary/aromatic N) is 1. The summed E-state index contributed by atoms with van der Waals surface area (Å²) in [4.78, 5) is 14.1. The van der Waals surface area contributed by atoms with Crippen LogP contribution in [0.3, 0.4) is 0 Å². The quantitative estimate of drug-likeness (QED) is 0.561. The smallest absolute Gasteiger partial charge is 0.325 e. The first-order valence-electron chi connectivity index (χ1n) is 7.93. The summed E-state index contributed by atoms with van der Waals surface area (Å²) in [5.74, 6) is -0.386. The fourth-order valence-electron chi connectivity index (χ4n) is 2.80. The van der Waals surface area contributed by atoms with Gasteiger partial charge in [0, 0.05) is 25.7 Å². The third-order valence-corrected chi connectivity index (χ3v) is 4.37. The lowest BCUT2D eigenvalue weighted by atomic mass is 9.92. The van der Waals surface area contributed by atoms with Gasteiger partial charge in [-0.05, 0) is 45.1 Å². The minimum atomic E-state index is -0.747. The molecule has 1 unspecified atom stereocenters. The number of hydrogen-bond donors (Lipinski definition) is 2. The second-order valence-corrected chi connectivity index (χ2v) is 6.04. The Balaban J connectivity index is 1.98. The van der Waals surface area contributed by atoms with Crippen molar-refractivity contribution < 1.29 is 14.6 Å². The Morgan fingerprint density at radius 3 is 2.50 bits per heavy atom. The first-order valence-corrected chi connectivity index (χ1v) is 7.93. The van der Waals surface area contributed by atoms with Gasteiger partial charge in [-0.15, -0.1) is 0 Å². The van der Waals surface area contributed by atoms with E-state index in [9.17, 15) is 9.90 Å². The van der Waals surface area contributed by atoms with Crippen LogP contribution in [-0.2, 0) is 9.53 Å². The first-order chi connectivity index (χ1) is 9.62. The highest BCUT2D eigenvalue weighted by Gasteiger charge is 2.53. The average Bonchev–Trinajstić information content (AvgIpc) is 3.27. The number of rotatable bonds is 11. The number of likely N-dealkylation sites (N-methyl/N-ethyl adjacent to an activating group) is 1. The van der Waals surface area contributed by atoms with E-state index in [0.717, 1.165) is 38.8 Å². The van der Waals surface area contributed by atoms with E-state index in [1.54, 1.807) is 0 Å². The molecule has 0 amide bonds. The van der Waals surface area contributed by atoms with Crippen LogP contribution in [0.1, 0.15) is 39.5 Å². The van der Waals surface area contributed by atoms with Crippen LogP contribution in [0.25, 0.3) is 0 Å². The third-order valence-electron chi connectivity index (χ3n) is 4.37. The zero-order chi connectivity index (χ0) is 14.6. The number of carbonyl (C=O) groups is 1. The van der Waals surface area contributed by atoms with Gasteiger partial charge in [-0.3, -0.25) is 15.0 Å². The summed E-state index contributed by atoms with van der Waals surface area (Å²) in [6.45, 7) is 7.71. The lowest BCUT2D eigenvalue weighted by Gasteiger charge is -2.36. The van der Waals surface area contributed by atoms with Gasteiger partial charge in [-0.25, -0.2) is 0 Å². The summed E-state index contributed by atoms with van der Waals surface area (Å²) in [7, 11) is 0. The molecule has 2 N–H and O–H groups in total. The van der Waals surface area contributed by atoms with Crippen molar-refractivity contribution in [3.05, 3.63) is 0 Å². The van der Waals surface area contributed by atoms with Gasteiger partial charge in [-0.1, -0.05) is 6.92 Å². The number of carboxylic acid groups (broad SMARTS) is 1. The lowest BCUT2D eigenvalue weighted by molar-refractivity contribution is -0.147. The molecule has 0 radical (unpaired) electrons. The number of carboxylic acids is 1.